The molecule has 2 aromatic carbocycles. The molecule has 0 unspecified atom stereocenters. The van der Waals surface area contributed by atoms with E-state index in [-0.39, 0.29) is 34.2 Å². The highest BCUT2D eigenvalue weighted by Gasteiger charge is 2.32. The molecule has 0 saturated heterocycles. The average molecular weight is 529 g/mol. The number of nitrogens with zero attached hydrogens (tertiary/aromatic N) is 2. The van der Waals surface area contributed by atoms with Crippen molar-refractivity contribution in [2.45, 2.75) is 52.2 Å². The van der Waals surface area contributed by atoms with Gasteiger partial charge in [-0.25, -0.2) is 8.42 Å². The third-order valence-electron chi connectivity index (χ3n) is 5.45. The molecule has 7 nitrogen and oxygen atoms in total. The van der Waals surface area contributed by atoms with Gasteiger partial charge in [-0.2, -0.15) is 0 Å². The molecule has 34 heavy (non-hydrogen) atoms. The first-order chi connectivity index (χ1) is 16.0. The second kappa shape index (κ2) is 12.4. The maximum Gasteiger partial charge on any atom is 0.244 e. The van der Waals surface area contributed by atoms with Crippen LogP contribution in [0.4, 0.5) is 5.69 Å². The molecule has 0 fully saturated rings. The summed E-state index contributed by atoms with van der Waals surface area (Å²) >= 11 is 12.1. The molecule has 0 radical (unpaired) electrons. The van der Waals surface area contributed by atoms with Gasteiger partial charge in [0.25, 0.3) is 0 Å². The van der Waals surface area contributed by atoms with Crippen LogP contribution >= 0.6 is 23.2 Å². The number of hydrogen-bond donors (Lipinski definition) is 1. The van der Waals surface area contributed by atoms with Gasteiger partial charge in [-0.3, -0.25) is 13.9 Å². The largest absolute Gasteiger partial charge is 0.352 e. The first-order valence-corrected chi connectivity index (χ1v) is 13.6. The van der Waals surface area contributed by atoms with Crippen molar-refractivity contribution < 1.29 is 18.0 Å². The Morgan fingerprint density at radius 3 is 2.18 bits per heavy atom. The number of carbonyl (C=O) groups excluding carboxylic acids is 2. The molecule has 0 aliphatic carbocycles. The minimum atomic E-state index is -3.84. The number of benzene rings is 2. The van der Waals surface area contributed by atoms with E-state index < -0.39 is 28.5 Å². The lowest BCUT2D eigenvalue weighted by atomic mass is 10.1. The summed E-state index contributed by atoms with van der Waals surface area (Å²) in [6.45, 7) is 5.34. The molecule has 0 saturated carbocycles. The van der Waals surface area contributed by atoms with E-state index >= 15 is 0 Å². The van der Waals surface area contributed by atoms with Crippen LogP contribution in [0.5, 0.6) is 0 Å². The normalized spacial score (nSPS) is 13.1. The second-order valence-electron chi connectivity index (χ2n) is 8.12. The smallest absolute Gasteiger partial charge is 0.244 e. The molecule has 1 N–H and O–H groups in total. The Kier molecular flexibility index (Phi) is 10.2. The van der Waals surface area contributed by atoms with E-state index in [9.17, 15) is 18.0 Å². The van der Waals surface area contributed by atoms with Crippen LogP contribution in [-0.4, -0.2) is 50.0 Å². The number of sulfonamides is 1. The van der Waals surface area contributed by atoms with Crippen molar-refractivity contribution in [2.75, 3.05) is 17.1 Å². The molecule has 0 bridgehead atoms. The lowest BCUT2D eigenvalue weighted by molar-refractivity contribution is -0.140. The molecule has 0 aliphatic rings. The van der Waals surface area contributed by atoms with Gasteiger partial charge in [0.1, 0.15) is 12.6 Å². The Labute approximate surface area is 212 Å². The molecule has 2 amide bonds. The molecular formula is C24H31Cl2N3O4S. The van der Waals surface area contributed by atoms with E-state index in [1.54, 1.807) is 0 Å². The van der Waals surface area contributed by atoms with E-state index in [2.05, 4.69) is 5.32 Å². The Hall–Kier alpha value is -2.29. The number of anilines is 1. The Morgan fingerprint density at radius 2 is 1.65 bits per heavy atom. The lowest BCUT2D eigenvalue weighted by Crippen LogP contribution is -2.53. The third-order valence-corrected chi connectivity index (χ3v) is 7.33. The fraction of sp³-hybridized carbons (Fsp3) is 0.417. The minimum absolute atomic E-state index is 0.0565. The zero-order valence-electron chi connectivity index (χ0n) is 19.8. The Bertz CT molecular complexity index is 1100. The molecule has 0 aliphatic heterocycles. The van der Waals surface area contributed by atoms with Gasteiger partial charge in [0.2, 0.25) is 21.8 Å². The van der Waals surface area contributed by atoms with Crippen LogP contribution in [0.15, 0.2) is 48.5 Å². The maximum atomic E-state index is 13.6. The highest BCUT2D eigenvalue weighted by Crippen LogP contribution is 2.28. The quantitative estimate of drug-likeness (QED) is 0.466. The summed E-state index contributed by atoms with van der Waals surface area (Å²) in [6, 6.07) is 12.8. The van der Waals surface area contributed by atoms with Crippen LogP contribution in [0.25, 0.3) is 0 Å². The summed E-state index contributed by atoms with van der Waals surface area (Å²) < 4.78 is 26.2. The summed E-state index contributed by atoms with van der Waals surface area (Å²) in [5.41, 5.74) is 1.04. The van der Waals surface area contributed by atoms with Gasteiger partial charge in [-0.15, -0.1) is 0 Å². The predicted octanol–water partition coefficient (Wildman–Crippen LogP) is 4.48. The van der Waals surface area contributed by atoms with Crippen LogP contribution < -0.4 is 9.62 Å². The van der Waals surface area contributed by atoms with Gasteiger partial charge in [0, 0.05) is 12.6 Å². The van der Waals surface area contributed by atoms with Gasteiger partial charge in [-0.05, 0) is 43.5 Å². The van der Waals surface area contributed by atoms with Gasteiger partial charge < -0.3 is 10.2 Å². The summed E-state index contributed by atoms with van der Waals surface area (Å²) in [5.74, 6) is -0.784. The van der Waals surface area contributed by atoms with Gasteiger partial charge in [0.05, 0.1) is 22.0 Å². The van der Waals surface area contributed by atoms with Crippen LogP contribution in [0, 0.1) is 0 Å². The first-order valence-electron chi connectivity index (χ1n) is 11.0. The highest BCUT2D eigenvalue weighted by atomic mass is 35.5. The van der Waals surface area contributed by atoms with Crippen molar-refractivity contribution in [1.29, 1.82) is 0 Å². The summed E-state index contributed by atoms with van der Waals surface area (Å²) in [4.78, 5) is 28.0. The van der Waals surface area contributed by atoms with E-state index in [4.69, 9.17) is 23.2 Å². The number of carbonyl (C=O) groups is 2. The number of amides is 2. The van der Waals surface area contributed by atoms with E-state index in [1.165, 1.54) is 23.1 Å². The van der Waals surface area contributed by atoms with Crippen molar-refractivity contribution >= 4 is 50.7 Å². The fourth-order valence-electron chi connectivity index (χ4n) is 3.39. The zero-order chi connectivity index (χ0) is 25.5. The summed E-state index contributed by atoms with van der Waals surface area (Å²) in [5, 5.41) is 3.37. The Balaban J connectivity index is 2.43. The first kappa shape index (κ1) is 28.0. The lowest BCUT2D eigenvalue weighted by Gasteiger charge is -2.33. The average Bonchev–Trinajstić information content (AvgIpc) is 2.78. The van der Waals surface area contributed by atoms with Crippen LogP contribution in [-0.2, 0) is 26.2 Å². The van der Waals surface area contributed by atoms with Crippen LogP contribution in [0.2, 0.25) is 10.0 Å². The second-order valence-corrected chi connectivity index (χ2v) is 10.8. The van der Waals surface area contributed by atoms with Gasteiger partial charge in [-0.1, -0.05) is 67.4 Å². The van der Waals surface area contributed by atoms with E-state index in [0.717, 1.165) is 22.5 Å². The van der Waals surface area contributed by atoms with Gasteiger partial charge in [0.15, 0.2) is 0 Å². The molecule has 0 aromatic heterocycles. The van der Waals surface area contributed by atoms with E-state index in [0.29, 0.717) is 6.42 Å². The molecule has 186 valence electrons. The maximum absolute atomic E-state index is 13.6. The van der Waals surface area contributed by atoms with Crippen molar-refractivity contribution in [1.82, 2.24) is 10.2 Å². The van der Waals surface area contributed by atoms with Crippen molar-refractivity contribution in [3.63, 3.8) is 0 Å². The number of halogens is 2. The molecule has 2 atom stereocenters. The number of hydrogen-bond acceptors (Lipinski definition) is 4. The SMILES string of the molecule is CC[C@@H](C)NC(=O)[C@H](CC)N(Cc1ccccc1)C(=O)CN(c1ccc(Cl)c(Cl)c1)S(C)(=O)=O. The highest BCUT2D eigenvalue weighted by molar-refractivity contribution is 7.92. The number of rotatable bonds is 11. The van der Waals surface area contributed by atoms with Crippen LogP contribution in [0.3, 0.4) is 0 Å². The third kappa shape index (κ3) is 7.61. The fourth-order valence-corrected chi connectivity index (χ4v) is 4.53. The predicted molar refractivity (Wildman–Crippen MR) is 138 cm³/mol. The summed E-state index contributed by atoms with van der Waals surface area (Å²) in [6.07, 6.45) is 2.12. The van der Waals surface area contributed by atoms with Crippen molar-refractivity contribution in [3.8, 4) is 0 Å². The molecule has 0 spiro atoms. The van der Waals surface area contributed by atoms with Crippen LogP contribution in [0.1, 0.15) is 39.2 Å². The van der Waals surface area contributed by atoms with Gasteiger partial charge >= 0.3 is 0 Å². The number of nitrogens with one attached hydrogen (secondary N) is 1. The Morgan fingerprint density at radius 1 is 1.00 bits per heavy atom. The molecule has 2 aromatic rings. The monoisotopic (exact) mass is 527 g/mol. The molecular weight excluding hydrogens is 497 g/mol. The molecule has 0 heterocycles. The standard InChI is InChI=1S/C24H31Cl2N3O4S/c1-5-17(3)27-24(31)22(6-2)28(15-18-10-8-7-9-11-18)23(30)16-29(34(4,32)33)19-12-13-20(25)21(26)14-19/h7-14,17,22H,5-6,15-16H2,1-4H3,(H,27,31)/t17-,22+/m1/s1. The zero-order valence-corrected chi connectivity index (χ0v) is 22.1. The summed E-state index contributed by atoms with van der Waals surface area (Å²) in [7, 11) is -3.84. The minimum Gasteiger partial charge on any atom is -0.352 e. The van der Waals surface area contributed by atoms with Crippen molar-refractivity contribution in [3.05, 3.63) is 64.1 Å². The molecule has 10 heteroatoms. The molecule has 2 rings (SSSR count). The topological polar surface area (TPSA) is 86.8 Å². The van der Waals surface area contributed by atoms with E-state index in [1.807, 2.05) is 51.1 Å². The van der Waals surface area contributed by atoms with Crippen molar-refractivity contribution in [2.24, 2.45) is 0 Å².